The Balaban J connectivity index is 1.49. The van der Waals surface area contributed by atoms with Crippen molar-refractivity contribution in [1.29, 1.82) is 0 Å². The summed E-state index contributed by atoms with van der Waals surface area (Å²) in [5, 5.41) is 8.96. The summed E-state index contributed by atoms with van der Waals surface area (Å²) in [7, 11) is -0.358. The first-order valence-corrected chi connectivity index (χ1v) is 14.3. The molecular formula is C21H27ClN5O2PS. The van der Waals surface area contributed by atoms with E-state index in [2.05, 4.69) is 37.6 Å². The van der Waals surface area contributed by atoms with Crippen molar-refractivity contribution in [3.8, 4) is 5.75 Å². The molecule has 0 radical (unpaired) electrons. The molecule has 0 atom stereocenters. The van der Waals surface area contributed by atoms with Crippen LogP contribution < -0.4 is 20.3 Å². The van der Waals surface area contributed by atoms with Crippen molar-refractivity contribution in [3.05, 3.63) is 51.8 Å². The number of hydrogen-bond donors (Lipinski definition) is 3. The summed E-state index contributed by atoms with van der Waals surface area (Å²) in [5.41, 5.74) is 1.86. The first kappa shape index (κ1) is 22.1. The second kappa shape index (κ2) is 9.57. The van der Waals surface area contributed by atoms with Crippen molar-refractivity contribution < 1.29 is 9.63 Å². The van der Waals surface area contributed by atoms with Crippen LogP contribution in [-0.2, 0) is 6.54 Å². The standard InChI is InChI=1S/C21H27ClN5O2PS/c1-29-19-12-15(27-7-9-30(2,28)10-8-27)5-6-18(19)25-20-17(22)14-24-21(26-20)23-13-16-4-3-11-31-16/h3-6,11-12,14,28,30H,7-10,13H2,1-2H3,(H2,23,24,25,26). The molecule has 166 valence electrons. The topological polar surface area (TPSA) is 82.5 Å². The summed E-state index contributed by atoms with van der Waals surface area (Å²) in [6.45, 7) is 4.42. The molecule has 1 aliphatic rings. The van der Waals surface area contributed by atoms with E-state index in [0.717, 1.165) is 36.8 Å². The van der Waals surface area contributed by atoms with Crippen LogP contribution in [0.15, 0.2) is 41.9 Å². The number of thiophene rings is 1. The fourth-order valence-corrected chi connectivity index (χ4v) is 6.01. The Kier molecular flexibility index (Phi) is 6.82. The van der Waals surface area contributed by atoms with Crippen molar-refractivity contribution in [3.63, 3.8) is 0 Å². The fourth-order valence-electron chi connectivity index (χ4n) is 3.47. The van der Waals surface area contributed by atoms with Crippen molar-refractivity contribution in [2.24, 2.45) is 0 Å². The third kappa shape index (κ3) is 5.57. The average molecular weight is 480 g/mol. The number of anilines is 4. The van der Waals surface area contributed by atoms with E-state index in [4.69, 9.17) is 16.3 Å². The first-order chi connectivity index (χ1) is 14.9. The van der Waals surface area contributed by atoms with Gasteiger partial charge in [0.15, 0.2) is 0 Å². The molecule has 0 saturated carbocycles. The van der Waals surface area contributed by atoms with E-state index in [9.17, 15) is 4.89 Å². The van der Waals surface area contributed by atoms with Crippen LogP contribution in [0.4, 0.5) is 23.1 Å². The van der Waals surface area contributed by atoms with Crippen LogP contribution in [0.1, 0.15) is 4.88 Å². The van der Waals surface area contributed by atoms with E-state index >= 15 is 0 Å². The Bertz CT molecular complexity index is 1020. The zero-order chi connectivity index (χ0) is 21.8. The van der Waals surface area contributed by atoms with Gasteiger partial charge in [0.05, 0.1) is 6.54 Å². The molecule has 1 saturated heterocycles. The predicted octanol–water partition coefficient (Wildman–Crippen LogP) is 4.66. The number of nitrogens with one attached hydrogen (secondary N) is 2. The summed E-state index contributed by atoms with van der Waals surface area (Å²) < 4.78 is 5.63. The zero-order valence-electron chi connectivity index (χ0n) is 17.6. The Morgan fingerprint density at radius 3 is 2.81 bits per heavy atom. The molecule has 0 aliphatic carbocycles. The summed E-state index contributed by atoms with van der Waals surface area (Å²) >= 11 is 8.02. The molecule has 3 heterocycles. The predicted molar refractivity (Wildman–Crippen MR) is 133 cm³/mol. The molecule has 0 bridgehead atoms. The number of nitrogens with zero attached hydrogens (tertiary/aromatic N) is 3. The summed E-state index contributed by atoms with van der Waals surface area (Å²) in [6, 6.07) is 10.1. The molecule has 0 unspecified atom stereocenters. The van der Waals surface area contributed by atoms with Crippen LogP contribution in [0.2, 0.25) is 5.02 Å². The molecule has 31 heavy (non-hydrogen) atoms. The number of ether oxygens (including phenoxy) is 1. The Morgan fingerprint density at radius 2 is 2.10 bits per heavy atom. The van der Waals surface area contributed by atoms with Gasteiger partial charge in [0.1, 0.15) is 0 Å². The van der Waals surface area contributed by atoms with E-state index in [1.54, 1.807) is 24.6 Å². The Hall–Kier alpha value is -2.12. The summed E-state index contributed by atoms with van der Waals surface area (Å²) in [4.78, 5) is 22.6. The second-order valence-electron chi connectivity index (χ2n) is 7.82. The second-order valence-corrected chi connectivity index (χ2v) is 13.2. The van der Waals surface area contributed by atoms with E-state index < -0.39 is 7.49 Å². The van der Waals surface area contributed by atoms with Gasteiger partial charge in [-0.15, -0.1) is 11.3 Å². The molecule has 2 aromatic heterocycles. The summed E-state index contributed by atoms with van der Waals surface area (Å²) in [6.07, 6.45) is 3.35. The summed E-state index contributed by atoms with van der Waals surface area (Å²) in [5.74, 6) is 1.71. The number of benzene rings is 1. The van der Waals surface area contributed by atoms with Crippen LogP contribution in [0.5, 0.6) is 5.75 Å². The molecule has 3 N–H and O–H groups in total. The monoisotopic (exact) mass is 479 g/mol. The van der Waals surface area contributed by atoms with E-state index in [1.165, 1.54) is 4.88 Å². The normalized spacial score (nSPS) is 16.6. The molecule has 10 heteroatoms. The molecule has 0 amide bonds. The maximum atomic E-state index is 10.3. The number of methoxy groups -OCH3 is 1. The quantitative estimate of drug-likeness (QED) is 0.425. The van der Waals surface area contributed by atoms with Crippen LogP contribution >= 0.6 is 30.4 Å². The molecule has 1 aliphatic heterocycles. The minimum atomic E-state index is -2.00. The van der Waals surface area contributed by atoms with Crippen molar-refractivity contribution in [2.45, 2.75) is 6.54 Å². The van der Waals surface area contributed by atoms with Crippen LogP contribution in [0, 0.1) is 0 Å². The van der Waals surface area contributed by atoms with Gasteiger partial charge in [-0.1, -0.05) is 6.07 Å². The van der Waals surface area contributed by atoms with Crippen LogP contribution in [0.3, 0.4) is 0 Å². The molecule has 0 spiro atoms. The van der Waals surface area contributed by atoms with Gasteiger partial charge in [0.2, 0.25) is 0 Å². The number of halogens is 1. The molecular weight excluding hydrogens is 453 g/mol. The first-order valence-electron chi connectivity index (χ1n) is 10.1. The molecule has 3 aromatic rings. The number of aromatic nitrogens is 2. The Labute approximate surface area is 191 Å². The molecule has 7 nitrogen and oxygen atoms in total. The SMILES string of the molecule is COc1cc(N2CC[PH](C)(O)CC2)ccc1Nc1nc(NCc2cccs2)ncc1Cl. The Morgan fingerprint density at radius 1 is 1.29 bits per heavy atom. The third-order valence-corrected chi connectivity index (χ3v) is 9.14. The van der Waals surface area contributed by atoms with Crippen LogP contribution in [-0.4, -0.2) is 54.0 Å². The van der Waals surface area contributed by atoms with Gasteiger partial charge >= 0.3 is 152 Å². The van der Waals surface area contributed by atoms with Gasteiger partial charge < -0.3 is 0 Å². The fraction of sp³-hybridized carbons (Fsp3) is 0.333. The minimum absolute atomic E-state index is 0.427. The average Bonchev–Trinajstić information content (AvgIpc) is 3.28. The van der Waals surface area contributed by atoms with Crippen LogP contribution in [0.25, 0.3) is 0 Å². The maximum absolute atomic E-state index is 10.3. The van der Waals surface area contributed by atoms with Gasteiger partial charge in [-0.05, 0) is 11.4 Å². The van der Waals surface area contributed by atoms with Crippen molar-refractivity contribution in [2.75, 3.05) is 54.7 Å². The van der Waals surface area contributed by atoms with E-state index in [-0.39, 0.29) is 0 Å². The molecule has 4 rings (SSSR count). The number of hydrogen-bond acceptors (Lipinski definition) is 8. The van der Waals surface area contributed by atoms with Gasteiger partial charge in [0.25, 0.3) is 0 Å². The van der Waals surface area contributed by atoms with Gasteiger partial charge in [-0.25, -0.2) is 0 Å². The van der Waals surface area contributed by atoms with E-state index in [1.807, 2.05) is 30.2 Å². The van der Waals surface area contributed by atoms with Crippen molar-refractivity contribution in [1.82, 2.24) is 9.97 Å². The van der Waals surface area contributed by atoms with E-state index in [0.29, 0.717) is 29.1 Å². The zero-order valence-corrected chi connectivity index (χ0v) is 20.1. The molecule has 1 aromatic carbocycles. The van der Waals surface area contributed by atoms with Gasteiger partial charge in [-0.3, -0.25) is 0 Å². The van der Waals surface area contributed by atoms with Gasteiger partial charge in [-0.2, -0.15) is 0 Å². The number of rotatable bonds is 7. The van der Waals surface area contributed by atoms with Crippen molar-refractivity contribution >= 4 is 53.6 Å². The molecule has 1 fully saturated rings. The third-order valence-electron chi connectivity index (χ3n) is 5.39. The van der Waals surface area contributed by atoms with Gasteiger partial charge in [0, 0.05) is 4.88 Å².